The Hall–Kier alpha value is -3.67. The zero-order valence-electron chi connectivity index (χ0n) is 16.5. The van der Waals surface area contributed by atoms with Crippen molar-refractivity contribution in [1.82, 2.24) is 14.8 Å². The maximum atomic E-state index is 12.7. The van der Waals surface area contributed by atoms with Crippen molar-refractivity contribution in [3.8, 4) is 5.69 Å². The Balaban J connectivity index is 1.52. The smallest absolute Gasteiger partial charge is 0.359 e. The number of benzene rings is 2. The molecule has 2 aromatic carbocycles. The third-order valence-corrected chi connectivity index (χ3v) is 5.02. The number of fused-ring (bicyclic) bond motifs is 1. The first kappa shape index (κ1) is 18.7. The molecule has 29 heavy (non-hydrogen) atoms. The SMILES string of the molecule is Cc1ccc(-n2c(C)cc(C(=O)COC(=O)c3n[nH]c4ccccc34)c2C)cc1. The van der Waals surface area contributed by atoms with Crippen molar-refractivity contribution in [2.45, 2.75) is 20.8 Å². The van der Waals surface area contributed by atoms with E-state index in [1.54, 1.807) is 6.07 Å². The van der Waals surface area contributed by atoms with E-state index in [-0.39, 0.29) is 18.1 Å². The summed E-state index contributed by atoms with van der Waals surface area (Å²) in [5.74, 6) is -0.868. The highest BCUT2D eigenvalue weighted by Gasteiger charge is 2.20. The number of rotatable bonds is 5. The maximum Gasteiger partial charge on any atom is 0.359 e. The Morgan fingerprint density at radius 1 is 1.03 bits per heavy atom. The number of carbonyl (C=O) groups excluding carboxylic acids is 2. The number of hydrogen-bond donors (Lipinski definition) is 1. The molecule has 0 radical (unpaired) electrons. The third kappa shape index (κ3) is 3.45. The lowest BCUT2D eigenvalue weighted by molar-refractivity contribution is 0.0470. The molecule has 6 heteroatoms. The molecular formula is C23H21N3O3. The van der Waals surface area contributed by atoms with Crippen molar-refractivity contribution in [3.05, 3.63) is 82.8 Å². The molecule has 146 valence electrons. The van der Waals surface area contributed by atoms with Crippen molar-refractivity contribution in [3.63, 3.8) is 0 Å². The molecule has 0 bridgehead atoms. The van der Waals surface area contributed by atoms with Gasteiger partial charge in [0, 0.05) is 28.0 Å². The van der Waals surface area contributed by atoms with Gasteiger partial charge in [0.1, 0.15) is 0 Å². The molecule has 0 atom stereocenters. The number of aryl methyl sites for hydroxylation is 2. The van der Waals surface area contributed by atoms with Crippen LogP contribution in [0.5, 0.6) is 0 Å². The topological polar surface area (TPSA) is 77.0 Å². The normalized spacial score (nSPS) is 11.0. The van der Waals surface area contributed by atoms with Crippen LogP contribution in [-0.2, 0) is 4.74 Å². The molecule has 2 heterocycles. The zero-order valence-corrected chi connectivity index (χ0v) is 16.5. The molecule has 0 aliphatic heterocycles. The number of aromatic amines is 1. The average Bonchev–Trinajstić information content (AvgIpc) is 3.28. The van der Waals surface area contributed by atoms with Crippen LogP contribution in [0.25, 0.3) is 16.6 Å². The number of ketones is 1. The molecule has 0 aliphatic carbocycles. The van der Waals surface area contributed by atoms with E-state index < -0.39 is 5.97 Å². The molecule has 0 aliphatic rings. The molecule has 0 spiro atoms. The van der Waals surface area contributed by atoms with Gasteiger partial charge in [-0.1, -0.05) is 35.9 Å². The molecule has 0 unspecified atom stereocenters. The van der Waals surface area contributed by atoms with Gasteiger partial charge in [0.05, 0.1) is 5.52 Å². The minimum Gasteiger partial charge on any atom is -0.452 e. The molecule has 1 N–H and O–H groups in total. The van der Waals surface area contributed by atoms with E-state index in [0.29, 0.717) is 10.9 Å². The number of Topliss-reactive ketones (excluding diaryl/α,β-unsaturated/α-hetero) is 1. The number of H-pyrrole nitrogens is 1. The quantitative estimate of drug-likeness (QED) is 0.409. The van der Waals surface area contributed by atoms with E-state index in [1.807, 2.05) is 73.9 Å². The molecule has 4 aromatic rings. The van der Waals surface area contributed by atoms with E-state index in [2.05, 4.69) is 10.2 Å². The van der Waals surface area contributed by atoms with Gasteiger partial charge >= 0.3 is 5.97 Å². The van der Waals surface area contributed by atoms with E-state index in [1.165, 1.54) is 5.56 Å². The number of ether oxygens (including phenoxy) is 1. The van der Waals surface area contributed by atoms with Crippen molar-refractivity contribution >= 4 is 22.7 Å². The van der Waals surface area contributed by atoms with Crippen LogP contribution in [0.2, 0.25) is 0 Å². The fourth-order valence-electron chi connectivity index (χ4n) is 3.53. The van der Waals surface area contributed by atoms with E-state index in [0.717, 1.165) is 22.6 Å². The van der Waals surface area contributed by atoms with Crippen molar-refractivity contribution in [2.75, 3.05) is 6.61 Å². The lowest BCUT2D eigenvalue weighted by Gasteiger charge is -2.10. The van der Waals surface area contributed by atoms with Crippen LogP contribution < -0.4 is 0 Å². The highest BCUT2D eigenvalue weighted by molar-refractivity contribution is 6.04. The summed E-state index contributed by atoms with van der Waals surface area (Å²) in [6.45, 7) is 5.54. The first-order valence-corrected chi connectivity index (χ1v) is 9.35. The summed E-state index contributed by atoms with van der Waals surface area (Å²) in [6, 6.07) is 17.2. The lowest BCUT2D eigenvalue weighted by atomic mass is 10.1. The van der Waals surface area contributed by atoms with Crippen LogP contribution in [0.4, 0.5) is 0 Å². The molecule has 6 nitrogen and oxygen atoms in total. The number of aromatic nitrogens is 3. The first-order valence-electron chi connectivity index (χ1n) is 9.35. The van der Waals surface area contributed by atoms with Crippen molar-refractivity contribution < 1.29 is 14.3 Å². The van der Waals surface area contributed by atoms with Crippen LogP contribution >= 0.6 is 0 Å². The summed E-state index contributed by atoms with van der Waals surface area (Å²) >= 11 is 0. The maximum absolute atomic E-state index is 12.7. The molecule has 4 rings (SSSR count). The van der Waals surface area contributed by atoms with E-state index >= 15 is 0 Å². The minimum absolute atomic E-state index is 0.179. The van der Waals surface area contributed by atoms with Gasteiger partial charge in [-0.2, -0.15) is 5.10 Å². The number of esters is 1. The summed E-state index contributed by atoms with van der Waals surface area (Å²) in [6.07, 6.45) is 0. The van der Waals surface area contributed by atoms with Crippen LogP contribution in [0.1, 0.15) is 37.8 Å². The Kier molecular flexibility index (Phi) is 4.76. The largest absolute Gasteiger partial charge is 0.452 e. The lowest BCUT2D eigenvalue weighted by Crippen LogP contribution is -2.15. The predicted molar refractivity (Wildman–Crippen MR) is 111 cm³/mol. The number of para-hydroxylation sites is 1. The molecule has 0 amide bonds. The number of nitrogens with one attached hydrogen (secondary N) is 1. The standard InChI is InChI=1S/C23H21N3O3/c1-14-8-10-17(11-9-14)26-15(2)12-19(16(26)3)21(27)13-29-23(28)22-18-6-4-5-7-20(18)24-25-22/h4-12H,13H2,1-3H3,(H,24,25). The summed E-state index contributed by atoms with van der Waals surface area (Å²) in [7, 11) is 0. The summed E-state index contributed by atoms with van der Waals surface area (Å²) < 4.78 is 7.28. The fourth-order valence-corrected chi connectivity index (χ4v) is 3.53. The minimum atomic E-state index is -0.622. The van der Waals surface area contributed by atoms with Gasteiger partial charge in [-0.3, -0.25) is 9.89 Å². The molecule has 0 saturated carbocycles. The van der Waals surface area contributed by atoms with Gasteiger partial charge in [-0.25, -0.2) is 4.79 Å². The molecule has 0 fully saturated rings. The fraction of sp³-hybridized carbons (Fsp3) is 0.174. The van der Waals surface area contributed by atoms with Crippen LogP contribution in [0.3, 0.4) is 0 Å². The highest BCUT2D eigenvalue weighted by atomic mass is 16.5. The Bertz CT molecular complexity index is 1220. The summed E-state index contributed by atoms with van der Waals surface area (Å²) in [5, 5.41) is 7.47. The highest BCUT2D eigenvalue weighted by Crippen LogP contribution is 2.22. The second-order valence-electron chi connectivity index (χ2n) is 7.07. The monoisotopic (exact) mass is 387 g/mol. The van der Waals surface area contributed by atoms with Gasteiger partial charge < -0.3 is 9.30 Å². The van der Waals surface area contributed by atoms with E-state index in [9.17, 15) is 9.59 Å². The van der Waals surface area contributed by atoms with Gasteiger partial charge in [-0.05, 0) is 45.0 Å². The Morgan fingerprint density at radius 2 is 1.76 bits per heavy atom. The number of carbonyl (C=O) groups is 2. The predicted octanol–water partition coefficient (Wildman–Crippen LogP) is 4.32. The number of nitrogens with zero attached hydrogens (tertiary/aromatic N) is 2. The Labute approximate surface area is 168 Å². The average molecular weight is 387 g/mol. The zero-order chi connectivity index (χ0) is 20.5. The van der Waals surface area contributed by atoms with Gasteiger partial charge in [-0.15, -0.1) is 0 Å². The third-order valence-electron chi connectivity index (χ3n) is 5.02. The first-order chi connectivity index (χ1) is 14.0. The number of hydrogen-bond acceptors (Lipinski definition) is 4. The second kappa shape index (κ2) is 7.39. The van der Waals surface area contributed by atoms with E-state index in [4.69, 9.17) is 4.74 Å². The van der Waals surface area contributed by atoms with Crippen LogP contribution in [0.15, 0.2) is 54.6 Å². The van der Waals surface area contributed by atoms with Crippen molar-refractivity contribution in [1.29, 1.82) is 0 Å². The van der Waals surface area contributed by atoms with Crippen molar-refractivity contribution in [2.24, 2.45) is 0 Å². The van der Waals surface area contributed by atoms with Gasteiger partial charge in [0.2, 0.25) is 5.78 Å². The van der Waals surface area contributed by atoms with Gasteiger partial charge in [0.15, 0.2) is 12.3 Å². The van der Waals surface area contributed by atoms with Crippen LogP contribution in [-0.4, -0.2) is 33.1 Å². The Morgan fingerprint density at radius 3 is 2.52 bits per heavy atom. The second-order valence-corrected chi connectivity index (χ2v) is 7.07. The van der Waals surface area contributed by atoms with Gasteiger partial charge in [0.25, 0.3) is 0 Å². The van der Waals surface area contributed by atoms with Crippen LogP contribution in [0, 0.1) is 20.8 Å². The molecule has 2 aromatic heterocycles. The molecular weight excluding hydrogens is 366 g/mol. The summed E-state index contributed by atoms with van der Waals surface area (Å²) in [5.41, 5.74) is 5.39. The molecule has 0 saturated heterocycles. The summed E-state index contributed by atoms with van der Waals surface area (Å²) in [4.78, 5) is 25.1.